The number of rotatable bonds is 6. The van der Waals surface area contributed by atoms with Gasteiger partial charge in [0, 0.05) is 32.4 Å². The molecule has 6 nitrogen and oxygen atoms in total. The summed E-state index contributed by atoms with van der Waals surface area (Å²) in [6.45, 7) is 8.35. The average molecular weight is 280 g/mol. The van der Waals surface area contributed by atoms with Gasteiger partial charge in [-0.25, -0.2) is 4.98 Å². The van der Waals surface area contributed by atoms with Crippen molar-refractivity contribution in [1.29, 1.82) is 0 Å². The van der Waals surface area contributed by atoms with E-state index in [4.69, 9.17) is 4.74 Å². The SMILES string of the molecule is CCCn1cncc1CNC(C)C(=O)N1CCOCC1. The van der Waals surface area contributed by atoms with Gasteiger partial charge in [0.15, 0.2) is 0 Å². The molecule has 1 aromatic heterocycles. The van der Waals surface area contributed by atoms with Crippen molar-refractivity contribution in [2.75, 3.05) is 26.3 Å². The average Bonchev–Trinajstić information content (AvgIpc) is 2.92. The molecule has 0 radical (unpaired) electrons. The van der Waals surface area contributed by atoms with E-state index < -0.39 is 0 Å². The zero-order valence-corrected chi connectivity index (χ0v) is 12.3. The standard InChI is InChI=1S/C14H24N4O2/c1-3-4-18-11-15-9-13(18)10-16-12(2)14(19)17-5-7-20-8-6-17/h9,11-12,16H,3-8,10H2,1-2H3. The van der Waals surface area contributed by atoms with E-state index in [0.717, 1.165) is 18.7 Å². The van der Waals surface area contributed by atoms with Crippen molar-refractivity contribution in [1.82, 2.24) is 19.8 Å². The van der Waals surface area contributed by atoms with Crippen molar-refractivity contribution in [3.63, 3.8) is 0 Å². The molecule has 1 aromatic rings. The van der Waals surface area contributed by atoms with E-state index in [9.17, 15) is 4.79 Å². The van der Waals surface area contributed by atoms with Gasteiger partial charge in [-0.3, -0.25) is 4.79 Å². The fraction of sp³-hybridized carbons (Fsp3) is 0.714. The quantitative estimate of drug-likeness (QED) is 0.830. The van der Waals surface area contributed by atoms with Crippen LogP contribution >= 0.6 is 0 Å². The molecule has 0 saturated carbocycles. The van der Waals surface area contributed by atoms with Gasteiger partial charge in [0.05, 0.1) is 31.3 Å². The first-order valence-corrected chi connectivity index (χ1v) is 7.31. The second kappa shape index (κ2) is 7.40. The normalized spacial score (nSPS) is 17.2. The number of carbonyl (C=O) groups is 1. The number of hydrogen-bond acceptors (Lipinski definition) is 4. The number of hydrogen-bond donors (Lipinski definition) is 1. The van der Waals surface area contributed by atoms with Crippen molar-refractivity contribution in [3.8, 4) is 0 Å². The number of imidazole rings is 1. The number of ether oxygens (including phenoxy) is 1. The summed E-state index contributed by atoms with van der Waals surface area (Å²) in [7, 11) is 0. The topological polar surface area (TPSA) is 59.4 Å². The number of morpholine rings is 1. The van der Waals surface area contributed by atoms with Crippen molar-refractivity contribution in [2.45, 2.75) is 39.4 Å². The summed E-state index contributed by atoms with van der Waals surface area (Å²) in [5, 5.41) is 3.29. The van der Waals surface area contributed by atoms with Crippen LogP contribution in [0.5, 0.6) is 0 Å². The number of nitrogens with one attached hydrogen (secondary N) is 1. The zero-order valence-electron chi connectivity index (χ0n) is 12.3. The molecule has 0 aliphatic carbocycles. The van der Waals surface area contributed by atoms with Gasteiger partial charge in [-0.05, 0) is 13.3 Å². The van der Waals surface area contributed by atoms with Gasteiger partial charge in [0.2, 0.25) is 5.91 Å². The van der Waals surface area contributed by atoms with Gasteiger partial charge in [-0.1, -0.05) is 6.92 Å². The molecule has 0 spiro atoms. The molecule has 2 heterocycles. The third kappa shape index (κ3) is 3.80. The Kier molecular flexibility index (Phi) is 5.55. The molecular formula is C14H24N4O2. The molecular weight excluding hydrogens is 256 g/mol. The van der Waals surface area contributed by atoms with Crippen molar-refractivity contribution in [3.05, 3.63) is 18.2 Å². The van der Waals surface area contributed by atoms with Crippen LogP contribution in [0.1, 0.15) is 26.0 Å². The minimum absolute atomic E-state index is 0.148. The molecule has 1 unspecified atom stereocenters. The van der Waals surface area contributed by atoms with Gasteiger partial charge in [-0.2, -0.15) is 0 Å². The molecule has 20 heavy (non-hydrogen) atoms. The summed E-state index contributed by atoms with van der Waals surface area (Å²) in [5.41, 5.74) is 1.12. The molecule has 1 N–H and O–H groups in total. The van der Waals surface area contributed by atoms with E-state index in [1.807, 2.05) is 24.3 Å². The number of carbonyl (C=O) groups excluding carboxylic acids is 1. The Morgan fingerprint density at radius 2 is 2.25 bits per heavy atom. The highest BCUT2D eigenvalue weighted by Crippen LogP contribution is 2.04. The summed E-state index contributed by atoms with van der Waals surface area (Å²) in [6, 6.07) is -0.182. The second-order valence-electron chi connectivity index (χ2n) is 5.12. The summed E-state index contributed by atoms with van der Waals surface area (Å²) >= 11 is 0. The van der Waals surface area contributed by atoms with Gasteiger partial charge >= 0.3 is 0 Å². The molecule has 0 bridgehead atoms. The first-order chi connectivity index (χ1) is 9.72. The number of aromatic nitrogens is 2. The van der Waals surface area contributed by atoms with Crippen LogP contribution in [0.3, 0.4) is 0 Å². The van der Waals surface area contributed by atoms with Crippen LogP contribution in [0.15, 0.2) is 12.5 Å². The molecule has 1 aliphatic heterocycles. The molecule has 112 valence electrons. The Balaban J connectivity index is 1.83. The predicted octanol–water partition coefficient (Wildman–Crippen LogP) is 0.630. The lowest BCUT2D eigenvalue weighted by molar-refractivity contribution is -0.137. The van der Waals surface area contributed by atoms with Crippen LogP contribution in [-0.2, 0) is 22.6 Å². The Labute approximate surface area is 120 Å². The lowest BCUT2D eigenvalue weighted by Gasteiger charge is -2.29. The monoisotopic (exact) mass is 280 g/mol. The van der Waals surface area contributed by atoms with Crippen LogP contribution in [0.4, 0.5) is 0 Å². The molecule has 2 rings (SSSR count). The molecule has 1 amide bonds. The lowest BCUT2D eigenvalue weighted by Crippen LogP contribution is -2.49. The maximum absolute atomic E-state index is 12.3. The highest BCUT2D eigenvalue weighted by atomic mass is 16.5. The van der Waals surface area contributed by atoms with Crippen LogP contribution in [0.25, 0.3) is 0 Å². The summed E-state index contributed by atoms with van der Waals surface area (Å²) in [4.78, 5) is 18.3. The van der Waals surface area contributed by atoms with E-state index in [2.05, 4.69) is 21.8 Å². The fourth-order valence-electron chi connectivity index (χ4n) is 2.34. The minimum Gasteiger partial charge on any atom is -0.378 e. The van der Waals surface area contributed by atoms with Gasteiger partial charge in [-0.15, -0.1) is 0 Å². The van der Waals surface area contributed by atoms with E-state index in [0.29, 0.717) is 32.8 Å². The molecule has 0 aromatic carbocycles. The Bertz CT molecular complexity index is 427. The van der Waals surface area contributed by atoms with Crippen LogP contribution < -0.4 is 5.32 Å². The smallest absolute Gasteiger partial charge is 0.239 e. The Morgan fingerprint density at radius 3 is 2.95 bits per heavy atom. The van der Waals surface area contributed by atoms with Crippen molar-refractivity contribution < 1.29 is 9.53 Å². The summed E-state index contributed by atoms with van der Waals surface area (Å²) in [6.07, 6.45) is 4.77. The van der Waals surface area contributed by atoms with E-state index in [1.165, 1.54) is 0 Å². The largest absolute Gasteiger partial charge is 0.378 e. The third-order valence-corrected chi connectivity index (χ3v) is 3.55. The number of aryl methyl sites for hydroxylation is 1. The minimum atomic E-state index is -0.182. The summed E-state index contributed by atoms with van der Waals surface area (Å²) < 4.78 is 7.39. The van der Waals surface area contributed by atoms with E-state index in [1.54, 1.807) is 0 Å². The highest BCUT2D eigenvalue weighted by molar-refractivity contribution is 5.81. The second-order valence-corrected chi connectivity index (χ2v) is 5.12. The van der Waals surface area contributed by atoms with Gasteiger partial charge in [0.25, 0.3) is 0 Å². The molecule has 1 atom stereocenters. The van der Waals surface area contributed by atoms with Crippen LogP contribution in [0, 0.1) is 0 Å². The van der Waals surface area contributed by atoms with Crippen LogP contribution in [-0.4, -0.2) is 52.7 Å². The van der Waals surface area contributed by atoms with Crippen molar-refractivity contribution >= 4 is 5.91 Å². The Hall–Kier alpha value is -1.40. The molecule has 1 aliphatic rings. The lowest BCUT2D eigenvalue weighted by atomic mass is 10.2. The highest BCUT2D eigenvalue weighted by Gasteiger charge is 2.22. The summed E-state index contributed by atoms with van der Waals surface area (Å²) in [5.74, 6) is 0.148. The van der Waals surface area contributed by atoms with Gasteiger partial charge < -0.3 is 19.5 Å². The molecule has 1 fully saturated rings. The van der Waals surface area contributed by atoms with Crippen molar-refractivity contribution in [2.24, 2.45) is 0 Å². The van der Waals surface area contributed by atoms with Gasteiger partial charge in [0.1, 0.15) is 0 Å². The first kappa shape index (κ1) is 15.0. The first-order valence-electron chi connectivity index (χ1n) is 7.31. The Morgan fingerprint density at radius 1 is 1.50 bits per heavy atom. The molecule has 6 heteroatoms. The molecule has 1 saturated heterocycles. The number of amides is 1. The van der Waals surface area contributed by atoms with E-state index in [-0.39, 0.29) is 11.9 Å². The maximum atomic E-state index is 12.3. The van der Waals surface area contributed by atoms with E-state index >= 15 is 0 Å². The zero-order chi connectivity index (χ0) is 14.4. The fourth-order valence-corrected chi connectivity index (χ4v) is 2.34. The van der Waals surface area contributed by atoms with Crippen LogP contribution in [0.2, 0.25) is 0 Å². The number of nitrogens with zero attached hydrogens (tertiary/aromatic N) is 3. The maximum Gasteiger partial charge on any atom is 0.239 e. The predicted molar refractivity (Wildman–Crippen MR) is 76.2 cm³/mol. The third-order valence-electron chi connectivity index (χ3n) is 3.55.